The molecule has 2 aromatic carbocycles. The second kappa shape index (κ2) is 5.09. The SMILES string of the molecule is NC1C(=O)Nc2cc(Oc3ccc(Br)cc3Cl)ccc21. The minimum atomic E-state index is -0.615. The number of fused-ring (bicyclic) bond motifs is 1. The predicted octanol–water partition coefficient (Wildman–Crippen LogP) is 3.85. The fourth-order valence-corrected chi connectivity index (χ4v) is 2.73. The van der Waals surface area contributed by atoms with E-state index in [4.69, 9.17) is 22.1 Å². The number of hydrogen-bond donors (Lipinski definition) is 2. The molecule has 1 atom stereocenters. The zero-order valence-electron chi connectivity index (χ0n) is 10.2. The van der Waals surface area contributed by atoms with E-state index in [1.807, 2.05) is 6.07 Å². The van der Waals surface area contributed by atoms with Gasteiger partial charge in [-0.15, -0.1) is 0 Å². The average Bonchev–Trinajstić information content (AvgIpc) is 2.68. The summed E-state index contributed by atoms with van der Waals surface area (Å²) < 4.78 is 6.59. The van der Waals surface area contributed by atoms with Crippen molar-refractivity contribution in [3.05, 3.63) is 51.5 Å². The van der Waals surface area contributed by atoms with Crippen molar-refractivity contribution < 1.29 is 9.53 Å². The van der Waals surface area contributed by atoms with Gasteiger partial charge in [0.2, 0.25) is 5.91 Å². The molecule has 0 saturated carbocycles. The second-order valence-electron chi connectivity index (χ2n) is 4.39. The Kier molecular flexibility index (Phi) is 3.41. The maximum atomic E-state index is 11.5. The van der Waals surface area contributed by atoms with Crippen molar-refractivity contribution in [3.8, 4) is 11.5 Å². The Balaban J connectivity index is 1.90. The summed E-state index contributed by atoms with van der Waals surface area (Å²) in [4.78, 5) is 11.5. The van der Waals surface area contributed by atoms with Crippen LogP contribution in [0.25, 0.3) is 0 Å². The number of benzene rings is 2. The summed E-state index contributed by atoms with van der Waals surface area (Å²) in [7, 11) is 0. The fourth-order valence-electron chi connectivity index (χ4n) is 2.01. The molecule has 0 spiro atoms. The highest BCUT2D eigenvalue weighted by atomic mass is 79.9. The number of hydrogen-bond acceptors (Lipinski definition) is 3. The maximum absolute atomic E-state index is 11.5. The Morgan fingerprint density at radius 1 is 1.25 bits per heavy atom. The van der Waals surface area contributed by atoms with Crippen LogP contribution in [0.1, 0.15) is 11.6 Å². The number of nitrogens with one attached hydrogen (secondary N) is 1. The van der Waals surface area contributed by atoms with Crippen LogP contribution in [-0.4, -0.2) is 5.91 Å². The third kappa shape index (κ3) is 2.40. The molecule has 0 fully saturated rings. The second-order valence-corrected chi connectivity index (χ2v) is 5.72. The molecule has 3 N–H and O–H groups in total. The van der Waals surface area contributed by atoms with Crippen LogP contribution in [0.4, 0.5) is 5.69 Å². The van der Waals surface area contributed by atoms with Gasteiger partial charge in [0.15, 0.2) is 0 Å². The zero-order valence-corrected chi connectivity index (χ0v) is 12.5. The molecule has 1 unspecified atom stereocenters. The first-order chi connectivity index (χ1) is 9.54. The van der Waals surface area contributed by atoms with Gasteiger partial charge in [-0.3, -0.25) is 4.79 Å². The molecule has 0 aliphatic carbocycles. The number of amides is 1. The largest absolute Gasteiger partial charge is 0.456 e. The van der Waals surface area contributed by atoms with Gasteiger partial charge >= 0.3 is 0 Å². The number of carbonyl (C=O) groups is 1. The van der Waals surface area contributed by atoms with E-state index in [0.717, 1.165) is 10.0 Å². The third-order valence-electron chi connectivity index (χ3n) is 3.02. The molecule has 102 valence electrons. The van der Waals surface area contributed by atoms with Gasteiger partial charge in [-0.1, -0.05) is 33.6 Å². The van der Waals surface area contributed by atoms with E-state index in [0.29, 0.717) is 22.2 Å². The molecule has 1 heterocycles. The van der Waals surface area contributed by atoms with Gasteiger partial charge in [-0.25, -0.2) is 0 Å². The molecular weight excluding hydrogens is 344 g/mol. The molecule has 20 heavy (non-hydrogen) atoms. The molecule has 1 amide bonds. The lowest BCUT2D eigenvalue weighted by molar-refractivity contribution is -0.116. The predicted molar refractivity (Wildman–Crippen MR) is 81.2 cm³/mol. The van der Waals surface area contributed by atoms with Gasteiger partial charge < -0.3 is 15.8 Å². The van der Waals surface area contributed by atoms with E-state index in [1.54, 1.807) is 30.3 Å². The molecule has 6 heteroatoms. The van der Waals surface area contributed by atoms with Crippen LogP contribution in [-0.2, 0) is 4.79 Å². The van der Waals surface area contributed by atoms with Gasteiger partial charge in [0.05, 0.1) is 5.02 Å². The van der Waals surface area contributed by atoms with E-state index >= 15 is 0 Å². The van der Waals surface area contributed by atoms with E-state index in [1.165, 1.54) is 0 Å². The van der Waals surface area contributed by atoms with Crippen molar-refractivity contribution in [2.45, 2.75) is 6.04 Å². The highest BCUT2D eigenvalue weighted by Crippen LogP contribution is 2.36. The Labute approximate surface area is 129 Å². The topological polar surface area (TPSA) is 64.4 Å². The van der Waals surface area contributed by atoms with Gasteiger partial charge in [0.25, 0.3) is 0 Å². The minimum Gasteiger partial charge on any atom is -0.456 e. The van der Waals surface area contributed by atoms with Gasteiger partial charge in [-0.05, 0) is 24.3 Å². The molecule has 4 nitrogen and oxygen atoms in total. The molecule has 3 rings (SSSR count). The van der Waals surface area contributed by atoms with Crippen LogP contribution in [0.5, 0.6) is 11.5 Å². The van der Waals surface area contributed by atoms with Crippen molar-refractivity contribution in [2.24, 2.45) is 5.73 Å². The minimum absolute atomic E-state index is 0.209. The Morgan fingerprint density at radius 2 is 2.05 bits per heavy atom. The van der Waals surface area contributed by atoms with Crippen LogP contribution >= 0.6 is 27.5 Å². The first-order valence-corrected chi connectivity index (χ1v) is 7.05. The standard InChI is InChI=1S/C14H10BrClN2O2/c15-7-1-4-12(10(16)5-7)20-8-2-3-9-11(6-8)18-14(19)13(9)17/h1-6,13H,17H2,(H,18,19). The Bertz CT molecular complexity index is 706. The molecule has 0 radical (unpaired) electrons. The van der Waals surface area contributed by atoms with Crippen molar-refractivity contribution >= 4 is 39.1 Å². The van der Waals surface area contributed by atoms with Crippen LogP contribution in [0, 0.1) is 0 Å². The lowest BCUT2D eigenvalue weighted by Gasteiger charge is -2.09. The number of anilines is 1. The van der Waals surface area contributed by atoms with E-state index in [9.17, 15) is 4.79 Å². The molecule has 2 aromatic rings. The van der Waals surface area contributed by atoms with Crippen molar-refractivity contribution in [1.82, 2.24) is 0 Å². The highest BCUT2D eigenvalue weighted by Gasteiger charge is 2.27. The molecule has 1 aliphatic rings. The molecule has 0 saturated heterocycles. The normalized spacial score (nSPS) is 16.8. The van der Waals surface area contributed by atoms with Crippen LogP contribution < -0.4 is 15.8 Å². The molecular formula is C14H10BrClN2O2. The van der Waals surface area contributed by atoms with E-state index < -0.39 is 6.04 Å². The molecule has 1 aliphatic heterocycles. The zero-order chi connectivity index (χ0) is 14.3. The van der Waals surface area contributed by atoms with Crippen molar-refractivity contribution in [3.63, 3.8) is 0 Å². The average molecular weight is 354 g/mol. The van der Waals surface area contributed by atoms with E-state index in [-0.39, 0.29) is 5.91 Å². The number of nitrogens with two attached hydrogens (primary N) is 1. The van der Waals surface area contributed by atoms with Crippen LogP contribution in [0.2, 0.25) is 5.02 Å². The summed E-state index contributed by atoms with van der Waals surface area (Å²) >= 11 is 9.43. The first kappa shape index (κ1) is 13.4. The number of ether oxygens (including phenoxy) is 1. The quantitative estimate of drug-likeness (QED) is 0.862. The highest BCUT2D eigenvalue weighted by molar-refractivity contribution is 9.10. The smallest absolute Gasteiger partial charge is 0.245 e. The number of halogens is 2. The van der Waals surface area contributed by atoms with Crippen LogP contribution in [0.15, 0.2) is 40.9 Å². The first-order valence-electron chi connectivity index (χ1n) is 5.88. The molecule has 0 aromatic heterocycles. The summed E-state index contributed by atoms with van der Waals surface area (Å²) in [5, 5.41) is 3.21. The summed E-state index contributed by atoms with van der Waals surface area (Å²) in [5.41, 5.74) is 7.20. The molecule has 0 bridgehead atoms. The Hall–Kier alpha value is -1.56. The fraction of sp³-hybridized carbons (Fsp3) is 0.0714. The number of rotatable bonds is 2. The van der Waals surface area contributed by atoms with Gasteiger partial charge in [0, 0.05) is 21.8 Å². The van der Waals surface area contributed by atoms with Gasteiger partial charge in [0.1, 0.15) is 17.5 Å². The maximum Gasteiger partial charge on any atom is 0.245 e. The summed E-state index contributed by atoms with van der Waals surface area (Å²) in [6.07, 6.45) is 0. The van der Waals surface area contributed by atoms with Crippen LogP contribution in [0.3, 0.4) is 0 Å². The third-order valence-corrected chi connectivity index (χ3v) is 3.81. The van der Waals surface area contributed by atoms with Crippen molar-refractivity contribution in [1.29, 1.82) is 0 Å². The Morgan fingerprint density at radius 3 is 2.80 bits per heavy atom. The number of carbonyl (C=O) groups excluding carboxylic acids is 1. The lowest BCUT2D eigenvalue weighted by atomic mass is 10.1. The summed E-state index contributed by atoms with van der Waals surface area (Å²) in [6, 6.07) is 10.0. The van der Waals surface area contributed by atoms with Crippen molar-refractivity contribution in [2.75, 3.05) is 5.32 Å². The summed E-state index contributed by atoms with van der Waals surface area (Å²) in [5.74, 6) is 0.921. The monoisotopic (exact) mass is 352 g/mol. The van der Waals surface area contributed by atoms with Gasteiger partial charge in [-0.2, -0.15) is 0 Å². The summed E-state index contributed by atoms with van der Waals surface area (Å²) in [6.45, 7) is 0. The van der Waals surface area contributed by atoms with E-state index in [2.05, 4.69) is 21.2 Å². The lowest BCUT2D eigenvalue weighted by Crippen LogP contribution is -2.19.